The first-order chi connectivity index (χ1) is 8.70. The molecule has 1 heterocycles. The summed E-state index contributed by atoms with van der Waals surface area (Å²) in [4.78, 5) is 19.1. The summed E-state index contributed by atoms with van der Waals surface area (Å²) in [5.41, 5.74) is 6.34. The molecule has 0 radical (unpaired) electrons. The van der Waals surface area contributed by atoms with Gasteiger partial charge in [0.05, 0.1) is 11.3 Å². The number of carbonyl (C=O) groups excluding carboxylic acids is 1. The number of nitrogens with zero attached hydrogens (tertiary/aromatic N) is 3. The first-order valence-electron chi connectivity index (χ1n) is 4.98. The Balaban J connectivity index is 2.18. The van der Waals surface area contributed by atoms with Gasteiger partial charge in [-0.25, -0.2) is 14.8 Å². The van der Waals surface area contributed by atoms with Crippen LogP contribution in [0.4, 0.5) is 5.69 Å². The molecular weight excluding hydrogens is 232 g/mol. The van der Waals surface area contributed by atoms with Crippen molar-refractivity contribution in [1.82, 2.24) is 9.97 Å². The van der Waals surface area contributed by atoms with Crippen LogP contribution in [0.25, 0.3) is 0 Å². The van der Waals surface area contributed by atoms with Crippen LogP contribution < -0.4 is 10.5 Å². The van der Waals surface area contributed by atoms with E-state index in [2.05, 4.69) is 9.97 Å². The minimum absolute atomic E-state index is 0.146. The van der Waals surface area contributed by atoms with Gasteiger partial charge in [-0.05, 0) is 18.2 Å². The molecular formula is C12H8N4O2. The Morgan fingerprint density at radius 1 is 1.39 bits per heavy atom. The molecule has 88 valence electrons. The second kappa shape index (κ2) is 4.93. The number of ether oxygens (including phenoxy) is 1. The molecule has 1 aromatic carbocycles. The van der Waals surface area contributed by atoms with Crippen molar-refractivity contribution in [1.29, 1.82) is 5.26 Å². The van der Waals surface area contributed by atoms with E-state index in [4.69, 9.17) is 15.7 Å². The Hall–Kier alpha value is -2.94. The van der Waals surface area contributed by atoms with Gasteiger partial charge >= 0.3 is 5.97 Å². The molecule has 6 heteroatoms. The summed E-state index contributed by atoms with van der Waals surface area (Å²) in [6.07, 6.45) is 2.69. The molecule has 0 spiro atoms. The molecule has 18 heavy (non-hydrogen) atoms. The second-order valence-corrected chi connectivity index (χ2v) is 3.34. The third-order valence-corrected chi connectivity index (χ3v) is 2.15. The molecule has 0 aliphatic heterocycles. The third-order valence-electron chi connectivity index (χ3n) is 2.15. The third kappa shape index (κ3) is 2.41. The second-order valence-electron chi connectivity index (χ2n) is 3.34. The van der Waals surface area contributed by atoms with Crippen molar-refractivity contribution in [2.24, 2.45) is 0 Å². The molecule has 0 aliphatic carbocycles. The summed E-state index contributed by atoms with van der Waals surface area (Å²) in [7, 11) is 0. The number of nitrogens with two attached hydrogens (primary N) is 1. The maximum absolute atomic E-state index is 11.7. The SMILES string of the molecule is N#Cc1ccc(OC(=O)c2ccncn2)cc1N. The highest BCUT2D eigenvalue weighted by Crippen LogP contribution is 2.19. The van der Waals surface area contributed by atoms with E-state index in [-0.39, 0.29) is 17.1 Å². The molecule has 0 bridgehead atoms. The maximum atomic E-state index is 11.7. The number of aromatic nitrogens is 2. The molecule has 0 aliphatic rings. The molecule has 0 fully saturated rings. The van der Waals surface area contributed by atoms with Gasteiger partial charge in [0.2, 0.25) is 0 Å². The van der Waals surface area contributed by atoms with E-state index >= 15 is 0 Å². The van der Waals surface area contributed by atoms with Crippen molar-refractivity contribution in [2.45, 2.75) is 0 Å². The fourth-order valence-corrected chi connectivity index (χ4v) is 1.28. The van der Waals surface area contributed by atoms with Gasteiger partial charge in [-0.15, -0.1) is 0 Å². The quantitative estimate of drug-likeness (QED) is 0.480. The van der Waals surface area contributed by atoms with Crippen molar-refractivity contribution in [3.8, 4) is 11.8 Å². The molecule has 0 atom stereocenters. The highest BCUT2D eigenvalue weighted by atomic mass is 16.5. The summed E-state index contributed by atoms with van der Waals surface area (Å²) in [5.74, 6) is -0.350. The zero-order valence-corrected chi connectivity index (χ0v) is 9.20. The monoisotopic (exact) mass is 240 g/mol. The van der Waals surface area contributed by atoms with Crippen LogP contribution in [0.3, 0.4) is 0 Å². The van der Waals surface area contributed by atoms with Crippen LogP contribution in [-0.2, 0) is 0 Å². The van der Waals surface area contributed by atoms with Crippen LogP contribution in [0.15, 0.2) is 36.8 Å². The zero-order chi connectivity index (χ0) is 13.0. The molecule has 2 rings (SSSR count). The summed E-state index contributed by atoms with van der Waals surface area (Å²) in [6.45, 7) is 0. The molecule has 0 amide bonds. The normalized spacial score (nSPS) is 9.50. The van der Waals surface area contributed by atoms with Crippen LogP contribution in [-0.4, -0.2) is 15.9 Å². The van der Waals surface area contributed by atoms with Gasteiger partial charge in [-0.3, -0.25) is 0 Å². The number of hydrogen-bond acceptors (Lipinski definition) is 6. The zero-order valence-electron chi connectivity index (χ0n) is 9.20. The van der Waals surface area contributed by atoms with Crippen molar-refractivity contribution in [2.75, 3.05) is 5.73 Å². The molecule has 0 saturated heterocycles. The maximum Gasteiger partial charge on any atom is 0.362 e. The Bertz CT molecular complexity index is 620. The number of anilines is 1. The number of nitriles is 1. The Labute approximate surface area is 103 Å². The average molecular weight is 240 g/mol. The Morgan fingerprint density at radius 3 is 2.83 bits per heavy atom. The van der Waals surface area contributed by atoms with Gasteiger partial charge in [0.1, 0.15) is 18.1 Å². The van der Waals surface area contributed by atoms with Gasteiger partial charge in [-0.2, -0.15) is 5.26 Å². The summed E-state index contributed by atoms with van der Waals surface area (Å²) >= 11 is 0. The van der Waals surface area contributed by atoms with Crippen LogP contribution >= 0.6 is 0 Å². The first-order valence-corrected chi connectivity index (χ1v) is 4.98. The van der Waals surface area contributed by atoms with E-state index < -0.39 is 5.97 Å². The topological polar surface area (TPSA) is 102 Å². The molecule has 2 aromatic rings. The minimum Gasteiger partial charge on any atom is -0.422 e. The van der Waals surface area contributed by atoms with E-state index in [1.54, 1.807) is 0 Å². The van der Waals surface area contributed by atoms with Crippen LogP contribution in [0.5, 0.6) is 5.75 Å². The summed E-state index contributed by atoms with van der Waals surface area (Å²) < 4.78 is 5.06. The molecule has 0 saturated carbocycles. The van der Waals surface area contributed by atoms with Gasteiger partial charge in [0.25, 0.3) is 0 Å². The summed E-state index contributed by atoms with van der Waals surface area (Å²) in [5, 5.41) is 8.71. The van der Waals surface area contributed by atoms with Crippen molar-refractivity contribution >= 4 is 11.7 Å². The van der Waals surface area contributed by atoms with Crippen molar-refractivity contribution in [3.05, 3.63) is 48.0 Å². The lowest BCUT2D eigenvalue weighted by atomic mass is 10.2. The lowest BCUT2D eigenvalue weighted by Crippen LogP contribution is -2.10. The van der Waals surface area contributed by atoms with Crippen LogP contribution in [0.2, 0.25) is 0 Å². The van der Waals surface area contributed by atoms with Crippen LogP contribution in [0.1, 0.15) is 16.1 Å². The van der Waals surface area contributed by atoms with E-state index in [1.165, 1.54) is 36.8 Å². The average Bonchev–Trinajstić information content (AvgIpc) is 2.40. The molecule has 1 aromatic heterocycles. The molecule has 0 unspecified atom stereocenters. The van der Waals surface area contributed by atoms with Gasteiger partial charge in [0.15, 0.2) is 5.69 Å². The first kappa shape index (κ1) is 11.5. The lowest BCUT2D eigenvalue weighted by Gasteiger charge is -2.04. The van der Waals surface area contributed by atoms with E-state index in [1.807, 2.05) is 6.07 Å². The van der Waals surface area contributed by atoms with E-state index in [0.717, 1.165) is 0 Å². The highest BCUT2D eigenvalue weighted by molar-refractivity contribution is 5.88. The van der Waals surface area contributed by atoms with Gasteiger partial charge in [-0.1, -0.05) is 0 Å². The van der Waals surface area contributed by atoms with Crippen molar-refractivity contribution in [3.63, 3.8) is 0 Å². The molecule has 6 nitrogen and oxygen atoms in total. The predicted molar refractivity (Wildman–Crippen MR) is 62.6 cm³/mol. The number of rotatable bonds is 2. The number of carbonyl (C=O) groups is 1. The predicted octanol–water partition coefficient (Wildman–Crippen LogP) is 1.15. The van der Waals surface area contributed by atoms with Crippen LogP contribution in [0, 0.1) is 11.3 Å². The van der Waals surface area contributed by atoms with Gasteiger partial charge < -0.3 is 10.5 Å². The lowest BCUT2D eigenvalue weighted by molar-refractivity contribution is 0.0728. The highest BCUT2D eigenvalue weighted by Gasteiger charge is 2.10. The number of benzene rings is 1. The van der Waals surface area contributed by atoms with Gasteiger partial charge in [0, 0.05) is 12.3 Å². The smallest absolute Gasteiger partial charge is 0.362 e. The van der Waals surface area contributed by atoms with Crippen molar-refractivity contribution < 1.29 is 9.53 Å². The number of nitrogen functional groups attached to an aromatic ring is 1. The fraction of sp³-hybridized carbons (Fsp3) is 0. The fourth-order valence-electron chi connectivity index (χ4n) is 1.28. The van der Waals surface area contributed by atoms with E-state index in [0.29, 0.717) is 5.56 Å². The Morgan fingerprint density at radius 2 is 2.22 bits per heavy atom. The Kier molecular flexibility index (Phi) is 3.16. The standard InChI is InChI=1S/C12H8N4O2/c13-6-8-1-2-9(5-10(8)14)18-12(17)11-3-4-15-7-16-11/h1-5,7H,14H2. The minimum atomic E-state index is -0.610. The summed E-state index contributed by atoms with van der Waals surface area (Å²) in [6, 6.07) is 7.75. The largest absolute Gasteiger partial charge is 0.422 e. The molecule has 2 N–H and O–H groups in total. The number of hydrogen-bond donors (Lipinski definition) is 1. The van der Waals surface area contributed by atoms with E-state index in [9.17, 15) is 4.79 Å². The number of esters is 1.